The van der Waals surface area contributed by atoms with Crippen LogP contribution in [0.2, 0.25) is 5.02 Å². The van der Waals surface area contributed by atoms with Crippen molar-refractivity contribution in [2.75, 3.05) is 4.90 Å². The van der Waals surface area contributed by atoms with Gasteiger partial charge in [-0.05, 0) is 36.4 Å². The van der Waals surface area contributed by atoms with Crippen molar-refractivity contribution in [2.45, 2.75) is 0 Å². The van der Waals surface area contributed by atoms with Crippen LogP contribution in [-0.4, -0.2) is 22.6 Å². The Hall–Kier alpha value is -3.70. The van der Waals surface area contributed by atoms with Gasteiger partial charge in [-0.1, -0.05) is 60.1 Å². The second kappa shape index (κ2) is 7.73. The Balaban J connectivity index is 1.84. The van der Waals surface area contributed by atoms with Gasteiger partial charge in [0.1, 0.15) is 5.57 Å². The lowest BCUT2D eigenvalue weighted by molar-refractivity contribution is -0.121. The molecule has 1 N–H and O–H groups in total. The molecule has 0 unspecified atom stereocenters. The zero-order chi connectivity index (χ0) is 20.4. The average molecular weight is 403 g/mol. The minimum Gasteiger partial charge on any atom is -0.502 e. The summed E-state index contributed by atoms with van der Waals surface area (Å²) in [7, 11) is 0. The highest BCUT2D eigenvalue weighted by atomic mass is 35.5. The second-order valence-corrected chi connectivity index (χ2v) is 6.74. The van der Waals surface area contributed by atoms with Crippen LogP contribution in [-0.2, 0) is 9.59 Å². The molecule has 4 rings (SSSR count). The van der Waals surface area contributed by atoms with Crippen LogP contribution in [0.15, 0.2) is 101 Å². The third kappa shape index (κ3) is 3.56. The number of imide groups is 1. The zero-order valence-electron chi connectivity index (χ0n) is 15.1. The van der Waals surface area contributed by atoms with Gasteiger partial charge in [0.05, 0.1) is 17.1 Å². The molecule has 1 heterocycles. The maximum Gasteiger partial charge on any atom is 0.301 e. The number of nitrogens with zero attached hydrogens (tertiary/aromatic N) is 2. The summed E-state index contributed by atoms with van der Waals surface area (Å²) in [5.74, 6) is -2.08. The summed E-state index contributed by atoms with van der Waals surface area (Å²) in [5.41, 5.74) is 1.61. The molecule has 0 aliphatic carbocycles. The Kier molecular flexibility index (Phi) is 4.97. The first-order valence-corrected chi connectivity index (χ1v) is 9.21. The fourth-order valence-corrected chi connectivity index (χ4v) is 3.17. The van der Waals surface area contributed by atoms with Crippen molar-refractivity contribution in [1.82, 2.24) is 0 Å². The van der Waals surface area contributed by atoms with Crippen molar-refractivity contribution in [3.63, 3.8) is 0 Å². The fraction of sp³-hybridized carbons (Fsp3) is 0. The highest BCUT2D eigenvalue weighted by molar-refractivity contribution is 6.44. The van der Waals surface area contributed by atoms with Gasteiger partial charge in [-0.15, -0.1) is 0 Å². The number of hydrogen-bond donors (Lipinski definition) is 1. The van der Waals surface area contributed by atoms with Gasteiger partial charge in [0.15, 0.2) is 5.76 Å². The third-order valence-electron chi connectivity index (χ3n) is 4.43. The number of halogens is 1. The van der Waals surface area contributed by atoms with Crippen LogP contribution in [0.4, 0.5) is 11.4 Å². The van der Waals surface area contributed by atoms with Gasteiger partial charge < -0.3 is 5.11 Å². The van der Waals surface area contributed by atoms with Crippen LogP contribution in [0.1, 0.15) is 5.56 Å². The lowest BCUT2D eigenvalue weighted by Gasteiger charge is -2.15. The summed E-state index contributed by atoms with van der Waals surface area (Å²) >= 11 is 5.90. The van der Waals surface area contributed by atoms with E-state index in [1.807, 2.05) is 24.3 Å². The number of carbonyl (C=O) groups excluding carboxylic acids is 2. The zero-order valence-corrected chi connectivity index (χ0v) is 15.9. The van der Waals surface area contributed by atoms with E-state index in [2.05, 4.69) is 4.99 Å². The number of amides is 2. The quantitative estimate of drug-likeness (QED) is 0.501. The molecule has 3 aromatic rings. The van der Waals surface area contributed by atoms with Crippen molar-refractivity contribution in [3.8, 4) is 0 Å². The molecule has 0 aromatic heterocycles. The number of aliphatic imine (C=N–C) groups is 1. The van der Waals surface area contributed by atoms with Gasteiger partial charge in [0.25, 0.3) is 5.91 Å². The summed E-state index contributed by atoms with van der Waals surface area (Å²) in [6, 6.07) is 24.2. The largest absolute Gasteiger partial charge is 0.502 e. The Bertz CT molecular complexity index is 1140. The van der Waals surface area contributed by atoms with Gasteiger partial charge in [-0.3, -0.25) is 9.59 Å². The van der Waals surface area contributed by atoms with E-state index in [1.54, 1.807) is 60.7 Å². The standard InChI is InChI=1S/C23H15ClN2O3/c24-16-11-13-18(14-12-16)26-22(28)19(21(27)23(26)29)20(15-7-3-1-4-8-15)25-17-9-5-2-6-10-17/h1-14,27H. The van der Waals surface area contributed by atoms with Crippen molar-refractivity contribution in [2.24, 2.45) is 4.99 Å². The Labute approximate surface area is 172 Å². The number of carbonyl (C=O) groups is 2. The molecule has 2 amide bonds. The van der Waals surface area contributed by atoms with Gasteiger partial charge in [0, 0.05) is 10.6 Å². The fourth-order valence-electron chi connectivity index (χ4n) is 3.05. The minimum atomic E-state index is -0.802. The molecule has 5 nitrogen and oxygen atoms in total. The van der Waals surface area contributed by atoms with Crippen LogP contribution in [0, 0.1) is 0 Å². The third-order valence-corrected chi connectivity index (χ3v) is 4.68. The molecule has 3 aromatic carbocycles. The molecule has 29 heavy (non-hydrogen) atoms. The van der Waals surface area contributed by atoms with E-state index in [-0.39, 0.29) is 11.3 Å². The van der Waals surface area contributed by atoms with Crippen LogP contribution in [0.3, 0.4) is 0 Å². The number of aliphatic hydroxyl groups is 1. The summed E-state index contributed by atoms with van der Waals surface area (Å²) in [4.78, 5) is 31.4. The first kappa shape index (κ1) is 18.7. The molecule has 0 radical (unpaired) electrons. The molecule has 0 saturated carbocycles. The molecule has 0 atom stereocenters. The minimum absolute atomic E-state index is 0.139. The lowest BCUT2D eigenvalue weighted by atomic mass is 10.0. The molecule has 142 valence electrons. The maximum atomic E-state index is 13.2. The number of rotatable bonds is 4. The van der Waals surface area contributed by atoms with Gasteiger partial charge in [-0.2, -0.15) is 0 Å². The smallest absolute Gasteiger partial charge is 0.301 e. The van der Waals surface area contributed by atoms with Crippen molar-refractivity contribution in [3.05, 3.63) is 107 Å². The van der Waals surface area contributed by atoms with Gasteiger partial charge in [0.2, 0.25) is 0 Å². The van der Waals surface area contributed by atoms with Crippen LogP contribution >= 0.6 is 11.6 Å². The number of anilines is 1. The molecular weight excluding hydrogens is 388 g/mol. The predicted molar refractivity (Wildman–Crippen MR) is 113 cm³/mol. The molecule has 0 spiro atoms. The SMILES string of the molecule is O=C1C(O)=C(C(=Nc2ccccc2)c2ccccc2)C(=O)N1c1ccc(Cl)cc1. The Morgan fingerprint density at radius 2 is 1.38 bits per heavy atom. The number of benzene rings is 3. The van der Waals surface area contributed by atoms with E-state index in [0.29, 0.717) is 22.0 Å². The molecule has 0 fully saturated rings. The monoisotopic (exact) mass is 402 g/mol. The summed E-state index contributed by atoms with van der Waals surface area (Å²) in [6.45, 7) is 0. The lowest BCUT2D eigenvalue weighted by Crippen LogP contribution is -2.32. The predicted octanol–water partition coefficient (Wildman–Crippen LogP) is 4.85. The molecule has 6 heteroatoms. The van der Waals surface area contributed by atoms with E-state index < -0.39 is 17.6 Å². The summed E-state index contributed by atoms with van der Waals surface area (Å²) in [5, 5.41) is 11.1. The van der Waals surface area contributed by atoms with Gasteiger partial charge >= 0.3 is 5.91 Å². The number of para-hydroxylation sites is 1. The van der Waals surface area contributed by atoms with Crippen molar-refractivity contribution >= 4 is 40.5 Å². The molecule has 1 aliphatic heterocycles. The number of aliphatic hydroxyl groups excluding tert-OH is 1. The Morgan fingerprint density at radius 1 is 0.793 bits per heavy atom. The first-order valence-electron chi connectivity index (χ1n) is 8.83. The van der Waals surface area contributed by atoms with Crippen LogP contribution in [0.5, 0.6) is 0 Å². The summed E-state index contributed by atoms with van der Waals surface area (Å²) < 4.78 is 0. The van der Waals surface area contributed by atoms with E-state index in [0.717, 1.165) is 4.90 Å². The maximum absolute atomic E-state index is 13.2. The second-order valence-electron chi connectivity index (χ2n) is 6.31. The van der Waals surface area contributed by atoms with E-state index in [4.69, 9.17) is 11.6 Å². The molecular formula is C23H15ClN2O3. The van der Waals surface area contributed by atoms with Crippen molar-refractivity contribution < 1.29 is 14.7 Å². The van der Waals surface area contributed by atoms with Crippen molar-refractivity contribution in [1.29, 1.82) is 0 Å². The van der Waals surface area contributed by atoms with Crippen LogP contribution < -0.4 is 4.90 Å². The topological polar surface area (TPSA) is 70.0 Å². The van der Waals surface area contributed by atoms with E-state index in [9.17, 15) is 14.7 Å². The summed E-state index contributed by atoms with van der Waals surface area (Å²) in [6.07, 6.45) is 0. The molecule has 0 saturated heterocycles. The normalized spacial score (nSPS) is 14.7. The van der Waals surface area contributed by atoms with E-state index in [1.165, 1.54) is 0 Å². The Morgan fingerprint density at radius 3 is 2.00 bits per heavy atom. The average Bonchev–Trinajstić information content (AvgIpc) is 2.97. The van der Waals surface area contributed by atoms with Crippen LogP contribution in [0.25, 0.3) is 0 Å². The highest BCUT2D eigenvalue weighted by Crippen LogP contribution is 2.30. The first-order chi connectivity index (χ1) is 14.1. The molecule has 0 bridgehead atoms. The molecule has 1 aliphatic rings. The number of hydrogen-bond acceptors (Lipinski definition) is 4. The van der Waals surface area contributed by atoms with E-state index >= 15 is 0 Å². The van der Waals surface area contributed by atoms with Gasteiger partial charge in [-0.25, -0.2) is 9.89 Å². The highest BCUT2D eigenvalue weighted by Gasteiger charge is 2.42.